The van der Waals surface area contributed by atoms with Gasteiger partial charge in [0.15, 0.2) is 0 Å². The van der Waals surface area contributed by atoms with Gasteiger partial charge in [0, 0.05) is 28.1 Å². The summed E-state index contributed by atoms with van der Waals surface area (Å²) in [5.41, 5.74) is 2.36. The second-order valence-electron chi connectivity index (χ2n) is 7.34. The molecule has 0 spiro atoms. The van der Waals surface area contributed by atoms with Crippen LogP contribution in [-0.4, -0.2) is 33.2 Å². The normalized spacial score (nSPS) is 11.2. The lowest BCUT2D eigenvalue weighted by Crippen LogP contribution is -2.41. The number of rotatable bonds is 10. The highest BCUT2D eigenvalue weighted by Gasteiger charge is 2.27. The summed E-state index contributed by atoms with van der Waals surface area (Å²) >= 11 is 13.9. The van der Waals surface area contributed by atoms with Crippen LogP contribution in [0.1, 0.15) is 11.1 Å². The average molecular weight is 524 g/mol. The van der Waals surface area contributed by atoms with Crippen LogP contribution in [0.25, 0.3) is 0 Å². The summed E-state index contributed by atoms with van der Waals surface area (Å²) in [5, 5.41) is 3.35. The molecule has 174 valence electrons. The predicted molar refractivity (Wildman–Crippen MR) is 138 cm³/mol. The highest BCUT2D eigenvalue weighted by atomic mass is 35.5. The maximum atomic E-state index is 13.4. The van der Waals surface area contributed by atoms with Gasteiger partial charge in [0.2, 0.25) is 5.91 Å². The summed E-state index contributed by atoms with van der Waals surface area (Å²) in [6, 6.07) is 21.0. The molecule has 0 fully saturated rings. The molecule has 0 heterocycles. The van der Waals surface area contributed by atoms with Gasteiger partial charge in [0.25, 0.3) is 10.0 Å². The lowest BCUT2D eigenvalue weighted by Gasteiger charge is -2.24. The molecule has 0 saturated heterocycles. The highest BCUT2D eigenvalue weighted by molar-refractivity contribution is 7.98. The maximum absolute atomic E-state index is 13.4. The molecule has 0 atom stereocenters. The molecule has 0 aromatic heterocycles. The van der Waals surface area contributed by atoms with Crippen molar-refractivity contribution in [2.24, 2.45) is 0 Å². The van der Waals surface area contributed by atoms with Crippen LogP contribution in [0.2, 0.25) is 10.0 Å². The number of benzene rings is 3. The van der Waals surface area contributed by atoms with Crippen molar-refractivity contribution in [2.45, 2.75) is 17.6 Å². The number of carbonyl (C=O) groups excluding carboxylic acids is 1. The number of sulfonamides is 1. The Morgan fingerprint density at radius 1 is 0.970 bits per heavy atom. The van der Waals surface area contributed by atoms with Crippen molar-refractivity contribution in [2.75, 3.05) is 23.1 Å². The topological polar surface area (TPSA) is 66.5 Å². The lowest BCUT2D eigenvalue weighted by molar-refractivity contribution is -0.119. The van der Waals surface area contributed by atoms with Crippen LogP contribution < -0.4 is 9.62 Å². The molecule has 3 aromatic carbocycles. The van der Waals surface area contributed by atoms with Crippen LogP contribution in [-0.2, 0) is 20.6 Å². The summed E-state index contributed by atoms with van der Waals surface area (Å²) in [4.78, 5) is 12.7. The van der Waals surface area contributed by atoms with Crippen LogP contribution in [0.5, 0.6) is 0 Å². The number of hydrogen-bond acceptors (Lipinski definition) is 4. The smallest absolute Gasteiger partial charge is 0.264 e. The molecule has 0 radical (unpaired) electrons. The first-order valence-electron chi connectivity index (χ1n) is 10.2. The molecule has 9 heteroatoms. The van der Waals surface area contributed by atoms with E-state index in [4.69, 9.17) is 23.2 Å². The number of thioether (sulfide) groups is 1. The average Bonchev–Trinajstić information content (AvgIpc) is 2.77. The molecule has 3 rings (SSSR count). The van der Waals surface area contributed by atoms with Crippen molar-refractivity contribution in [3.63, 3.8) is 0 Å². The van der Waals surface area contributed by atoms with Gasteiger partial charge < -0.3 is 5.32 Å². The van der Waals surface area contributed by atoms with Gasteiger partial charge in [-0.25, -0.2) is 8.42 Å². The number of hydrogen-bond donors (Lipinski definition) is 1. The molecule has 0 saturated carbocycles. The standard InChI is InChI=1S/C24H24Cl2N2O3S2/c1-18-7-9-23(10-8-18)33(30,31)28(22-14-20(25)13-21(26)15-22)16-24(29)27-11-12-32-17-19-5-3-2-4-6-19/h2-10,13-15H,11-12,16-17H2,1H3,(H,27,29). The van der Waals surface area contributed by atoms with Crippen LogP contribution in [0, 0.1) is 6.92 Å². The summed E-state index contributed by atoms with van der Waals surface area (Å²) in [7, 11) is -4.02. The number of nitrogens with zero attached hydrogens (tertiary/aromatic N) is 1. The van der Waals surface area contributed by atoms with Crippen molar-refractivity contribution in [3.05, 3.63) is 94.0 Å². The molecule has 0 aliphatic carbocycles. The number of amides is 1. The molecule has 0 aliphatic heterocycles. The fraction of sp³-hybridized carbons (Fsp3) is 0.208. The Morgan fingerprint density at radius 3 is 2.24 bits per heavy atom. The third-order valence-electron chi connectivity index (χ3n) is 4.71. The minimum atomic E-state index is -4.02. The second-order valence-corrected chi connectivity index (χ2v) is 11.2. The number of aryl methyl sites for hydroxylation is 1. The van der Waals surface area contributed by atoms with Gasteiger partial charge in [0.1, 0.15) is 6.54 Å². The van der Waals surface area contributed by atoms with Crippen molar-refractivity contribution >= 4 is 56.6 Å². The number of nitrogens with one attached hydrogen (secondary N) is 1. The van der Waals surface area contributed by atoms with Crippen molar-refractivity contribution in [3.8, 4) is 0 Å². The minimum absolute atomic E-state index is 0.0791. The van der Waals surface area contributed by atoms with E-state index in [1.54, 1.807) is 23.9 Å². The first-order chi connectivity index (χ1) is 15.8. The Bertz CT molecular complexity index is 1170. The van der Waals surface area contributed by atoms with E-state index in [1.165, 1.54) is 35.9 Å². The number of halogens is 2. The van der Waals surface area contributed by atoms with Crippen molar-refractivity contribution in [1.82, 2.24) is 5.32 Å². The third-order valence-corrected chi connectivity index (χ3v) is 7.97. The summed E-state index contributed by atoms with van der Waals surface area (Å²) in [6.45, 7) is 1.90. The van der Waals surface area contributed by atoms with Gasteiger partial charge in [-0.1, -0.05) is 71.2 Å². The van der Waals surface area contributed by atoms with E-state index in [1.807, 2.05) is 25.1 Å². The van der Waals surface area contributed by atoms with Crippen molar-refractivity contribution in [1.29, 1.82) is 0 Å². The molecule has 33 heavy (non-hydrogen) atoms. The zero-order chi connectivity index (χ0) is 23.8. The Hall–Kier alpha value is -2.19. The third kappa shape index (κ3) is 7.40. The molecule has 0 bridgehead atoms. The Balaban J connectivity index is 1.70. The van der Waals surface area contributed by atoms with Crippen molar-refractivity contribution < 1.29 is 13.2 Å². The van der Waals surface area contributed by atoms with E-state index >= 15 is 0 Å². The van der Waals surface area contributed by atoms with Crippen LogP contribution in [0.4, 0.5) is 5.69 Å². The number of carbonyl (C=O) groups is 1. The monoisotopic (exact) mass is 522 g/mol. The molecule has 1 N–H and O–H groups in total. The van der Waals surface area contributed by atoms with Gasteiger partial charge in [-0.15, -0.1) is 0 Å². The first-order valence-corrected chi connectivity index (χ1v) is 13.5. The second kappa shape index (κ2) is 11.8. The molecule has 0 aliphatic rings. The van der Waals surface area contributed by atoms with E-state index in [9.17, 15) is 13.2 Å². The van der Waals surface area contributed by atoms with Gasteiger partial charge >= 0.3 is 0 Å². The lowest BCUT2D eigenvalue weighted by atomic mass is 10.2. The first kappa shape index (κ1) is 25.4. The highest BCUT2D eigenvalue weighted by Crippen LogP contribution is 2.29. The van der Waals surface area contributed by atoms with Gasteiger partial charge in [0.05, 0.1) is 10.6 Å². The minimum Gasteiger partial charge on any atom is -0.354 e. The van der Waals surface area contributed by atoms with E-state index in [2.05, 4.69) is 17.4 Å². The predicted octanol–water partition coefficient (Wildman–Crippen LogP) is 5.55. The zero-order valence-corrected chi connectivity index (χ0v) is 21.1. The Morgan fingerprint density at radius 2 is 1.61 bits per heavy atom. The summed E-state index contributed by atoms with van der Waals surface area (Å²) in [6.07, 6.45) is 0. The zero-order valence-electron chi connectivity index (χ0n) is 18.0. The molecule has 0 unspecified atom stereocenters. The molecular weight excluding hydrogens is 499 g/mol. The van der Waals surface area contributed by atoms with E-state index in [0.29, 0.717) is 12.3 Å². The van der Waals surface area contributed by atoms with Crippen LogP contribution in [0.3, 0.4) is 0 Å². The molecule has 5 nitrogen and oxygen atoms in total. The molecular formula is C24H24Cl2N2O3S2. The van der Waals surface area contributed by atoms with E-state index < -0.39 is 22.5 Å². The molecule has 3 aromatic rings. The Kier molecular flexibility index (Phi) is 9.09. The summed E-state index contributed by atoms with van der Waals surface area (Å²) < 4.78 is 27.8. The van der Waals surface area contributed by atoms with Crippen LogP contribution >= 0.6 is 35.0 Å². The quantitative estimate of drug-likeness (QED) is 0.354. The van der Waals surface area contributed by atoms with Gasteiger partial charge in [-0.05, 0) is 42.8 Å². The fourth-order valence-electron chi connectivity index (χ4n) is 3.05. The van der Waals surface area contributed by atoms with Gasteiger partial charge in [-0.3, -0.25) is 9.10 Å². The molecule has 1 amide bonds. The SMILES string of the molecule is Cc1ccc(S(=O)(=O)N(CC(=O)NCCSCc2ccccc2)c2cc(Cl)cc(Cl)c2)cc1. The van der Waals surface area contributed by atoms with E-state index in [-0.39, 0.29) is 20.6 Å². The van der Waals surface area contributed by atoms with Gasteiger partial charge in [-0.2, -0.15) is 11.8 Å². The van der Waals surface area contributed by atoms with Crippen LogP contribution in [0.15, 0.2) is 77.7 Å². The summed E-state index contributed by atoms with van der Waals surface area (Å²) in [5.74, 6) is 1.13. The van der Waals surface area contributed by atoms with E-state index in [0.717, 1.165) is 15.6 Å². The number of anilines is 1. The maximum Gasteiger partial charge on any atom is 0.264 e. The Labute approximate surface area is 209 Å². The fourth-order valence-corrected chi connectivity index (χ4v) is 5.79. The largest absolute Gasteiger partial charge is 0.354 e.